The van der Waals surface area contributed by atoms with Crippen molar-refractivity contribution in [3.8, 4) is 11.4 Å². The summed E-state index contributed by atoms with van der Waals surface area (Å²) in [5.41, 5.74) is 7.40. The molecule has 3 aromatic rings. The zero-order valence-electron chi connectivity index (χ0n) is 15.6. The molecule has 0 bridgehead atoms. The molecule has 1 aliphatic rings. The number of aromatic nitrogens is 2. The second-order valence-corrected chi connectivity index (χ2v) is 7.02. The Morgan fingerprint density at radius 2 is 2.21 bits per heavy atom. The van der Waals surface area contributed by atoms with Crippen molar-refractivity contribution in [2.75, 3.05) is 13.2 Å². The standard InChI is InChI=1S/C21H22N4O3/c1-13-16(20(22)26)5-2-6-19(13)25-12-24-18-8-7-15(10-17(18)21(25)27)28-11-14-4-3-9-23-14/h2,5-8,10,12,14,23H,3-4,9,11H2,1H3,(H2,22,26)/t14-/m1/s1. The van der Waals surface area contributed by atoms with Gasteiger partial charge in [-0.05, 0) is 62.2 Å². The fourth-order valence-electron chi connectivity index (χ4n) is 3.61. The summed E-state index contributed by atoms with van der Waals surface area (Å²) in [5, 5.41) is 3.85. The van der Waals surface area contributed by atoms with E-state index in [4.69, 9.17) is 10.5 Å². The minimum absolute atomic E-state index is 0.223. The molecule has 0 spiro atoms. The van der Waals surface area contributed by atoms with Crippen LogP contribution in [0.4, 0.5) is 0 Å². The van der Waals surface area contributed by atoms with Crippen molar-refractivity contribution >= 4 is 16.8 Å². The van der Waals surface area contributed by atoms with Crippen molar-refractivity contribution in [1.82, 2.24) is 14.9 Å². The van der Waals surface area contributed by atoms with Crippen molar-refractivity contribution in [2.24, 2.45) is 5.73 Å². The zero-order valence-corrected chi connectivity index (χ0v) is 15.6. The number of hydrogen-bond acceptors (Lipinski definition) is 5. The van der Waals surface area contributed by atoms with Crippen molar-refractivity contribution in [1.29, 1.82) is 0 Å². The number of primary amides is 1. The second-order valence-electron chi connectivity index (χ2n) is 7.02. The van der Waals surface area contributed by atoms with E-state index in [2.05, 4.69) is 10.3 Å². The number of fused-ring (bicyclic) bond motifs is 1. The van der Waals surface area contributed by atoms with Gasteiger partial charge in [0.1, 0.15) is 18.7 Å². The molecular formula is C21H22N4O3. The Hall–Kier alpha value is -3.19. The summed E-state index contributed by atoms with van der Waals surface area (Å²) >= 11 is 0. The largest absolute Gasteiger partial charge is 0.492 e. The average Bonchev–Trinajstić information content (AvgIpc) is 3.21. The van der Waals surface area contributed by atoms with E-state index < -0.39 is 5.91 Å². The highest BCUT2D eigenvalue weighted by molar-refractivity contribution is 5.95. The monoisotopic (exact) mass is 378 g/mol. The molecule has 3 N–H and O–H groups in total. The number of ether oxygens (including phenoxy) is 1. The molecule has 1 aromatic heterocycles. The lowest BCUT2D eigenvalue weighted by atomic mass is 10.1. The number of nitrogens with one attached hydrogen (secondary N) is 1. The van der Waals surface area contributed by atoms with Crippen LogP contribution >= 0.6 is 0 Å². The van der Waals surface area contributed by atoms with Crippen LogP contribution < -0.4 is 21.3 Å². The van der Waals surface area contributed by atoms with Gasteiger partial charge in [0.2, 0.25) is 5.91 Å². The van der Waals surface area contributed by atoms with Crippen LogP contribution in [0, 0.1) is 6.92 Å². The van der Waals surface area contributed by atoms with Crippen LogP contribution in [-0.2, 0) is 0 Å². The number of nitrogens with two attached hydrogens (primary N) is 1. The number of benzene rings is 2. The molecule has 0 saturated carbocycles. The number of rotatable bonds is 5. The highest BCUT2D eigenvalue weighted by atomic mass is 16.5. The third-order valence-electron chi connectivity index (χ3n) is 5.17. The van der Waals surface area contributed by atoms with Crippen LogP contribution in [0.1, 0.15) is 28.8 Å². The number of carbonyl (C=O) groups excluding carboxylic acids is 1. The molecule has 7 heteroatoms. The second kappa shape index (κ2) is 7.44. The maximum atomic E-state index is 13.1. The lowest BCUT2D eigenvalue weighted by Gasteiger charge is -2.14. The van der Waals surface area contributed by atoms with Crippen LogP contribution in [0.2, 0.25) is 0 Å². The van der Waals surface area contributed by atoms with Crippen molar-refractivity contribution in [2.45, 2.75) is 25.8 Å². The highest BCUT2D eigenvalue weighted by Crippen LogP contribution is 2.20. The molecule has 1 atom stereocenters. The highest BCUT2D eigenvalue weighted by Gasteiger charge is 2.16. The van der Waals surface area contributed by atoms with Gasteiger partial charge in [-0.2, -0.15) is 0 Å². The fraction of sp³-hybridized carbons (Fsp3) is 0.286. The summed E-state index contributed by atoms with van der Waals surface area (Å²) in [6, 6.07) is 10.8. The van der Waals surface area contributed by atoms with Gasteiger partial charge in [0, 0.05) is 11.6 Å². The van der Waals surface area contributed by atoms with E-state index in [1.807, 2.05) is 6.07 Å². The SMILES string of the molecule is Cc1c(C(N)=O)cccc1-n1cnc2ccc(OC[C@H]3CCCN3)cc2c1=O. The Morgan fingerprint density at radius 3 is 2.96 bits per heavy atom. The van der Waals surface area contributed by atoms with Crippen LogP contribution in [-0.4, -0.2) is 34.7 Å². The number of nitrogens with zero attached hydrogens (tertiary/aromatic N) is 2. The van der Waals surface area contributed by atoms with Gasteiger partial charge >= 0.3 is 0 Å². The quantitative estimate of drug-likeness (QED) is 0.707. The molecule has 2 aromatic carbocycles. The first-order valence-electron chi connectivity index (χ1n) is 9.32. The molecular weight excluding hydrogens is 356 g/mol. The smallest absolute Gasteiger partial charge is 0.265 e. The molecule has 2 heterocycles. The first-order valence-corrected chi connectivity index (χ1v) is 9.32. The topological polar surface area (TPSA) is 99.2 Å². The Kier molecular flexibility index (Phi) is 4.83. The van der Waals surface area contributed by atoms with Gasteiger partial charge in [-0.1, -0.05) is 6.07 Å². The molecule has 7 nitrogen and oxygen atoms in total. The number of amides is 1. The third-order valence-corrected chi connectivity index (χ3v) is 5.17. The van der Waals surface area contributed by atoms with Crippen LogP contribution in [0.5, 0.6) is 5.75 Å². The maximum absolute atomic E-state index is 13.1. The molecule has 4 rings (SSSR count). The molecule has 1 amide bonds. The van der Waals surface area contributed by atoms with Crippen molar-refractivity contribution < 1.29 is 9.53 Å². The summed E-state index contributed by atoms with van der Waals surface area (Å²) in [4.78, 5) is 29.1. The van der Waals surface area contributed by atoms with E-state index in [0.29, 0.717) is 46.1 Å². The molecule has 0 aliphatic carbocycles. The van der Waals surface area contributed by atoms with E-state index in [0.717, 1.165) is 19.4 Å². The Bertz CT molecular complexity index is 1100. The predicted octanol–water partition coefficient (Wildman–Crippen LogP) is 1.92. The summed E-state index contributed by atoms with van der Waals surface area (Å²) in [6.45, 7) is 3.35. The van der Waals surface area contributed by atoms with Gasteiger partial charge in [-0.25, -0.2) is 4.98 Å². The van der Waals surface area contributed by atoms with E-state index >= 15 is 0 Å². The lowest BCUT2D eigenvalue weighted by molar-refractivity contribution is 0.0999. The predicted molar refractivity (Wildman–Crippen MR) is 107 cm³/mol. The Balaban J connectivity index is 1.72. The van der Waals surface area contributed by atoms with Crippen LogP contribution in [0.3, 0.4) is 0 Å². The van der Waals surface area contributed by atoms with Gasteiger partial charge in [0.05, 0.1) is 16.6 Å². The third kappa shape index (κ3) is 3.36. The Morgan fingerprint density at radius 1 is 1.36 bits per heavy atom. The van der Waals surface area contributed by atoms with Gasteiger partial charge < -0.3 is 15.8 Å². The van der Waals surface area contributed by atoms with Crippen LogP contribution in [0.25, 0.3) is 16.6 Å². The van der Waals surface area contributed by atoms with Gasteiger partial charge in [-0.3, -0.25) is 14.2 Å². The first-order chi connectivity index (χ1) is 13.5. The van der Waals surface area contributed by atoms with E-state index in [1.54, 1.807) is 37.3 Å². The van der Waals surface area contributed by atoms with E-state index in [9.17, 15) is 9.59 Å². The molecule has 1 aliphatic heterocycles. The van der Waals surface area contributed by atoms with Crippen LogP contribution in [0.15, 0.2) is 47.5 Å². The fourth-order valence-corrected chi connectivity index (χ4v) is 3.61. The van der Waals surface area contributed by atoms with E-state index in [-0.39, 0.29) is 5.56 Å². The zero-order chi connectivity index (χ0) is 19.7. The summed E-state index contributed by atoms with van der Waals surface area (Å²) in [5.74, 6) is 0.109. The minimum Gasteiger partial charge on any atom is -0.492 e. The average molecular weight is 378 g/mol. The molecule has 1 saturated heterocycles. The van der Waals surface area contributed by atoms with Crippen molar-refractivity contribution in [3.63, 3.8) is 0 Å². The minimum atomic E-state index is -0.530. The molecule has 1 fully saturated rings. The van der Waals surface area contributed by atoms with Gasteiger partial charge in [-0.15, -0.1) is 0 Å². The molecule has 144 valence electrons. The maximum Gasteiger partial charge on any atom is 0.265 e. The molecule has 0 unspecified atom stereocenters. The van der Waals surface area contributed by atoms with Gasteiger partial charge in [0.15, 0.2) is 0 Å². The summed E-state index contributed by atoms with van der Waals surface area (Å²) < 4.78 is 7.31. The number of hydrogen-bond donors (Lipinski definition) is 2. The first kappa shape index (κ1) is 18.2. The molecule has 28 heavy (non-hydrogen) atoms. The normalized spacial score (nSPS) is 16.4. The number of carbonyl (C=O) groups is 1. The Labute approximate surface area is 162 Å². The summed E-state index contributed by atoms with van der Waals surface area (Å²) in [6.07, 6.45) is 3.72. The van der Waals surface area contributed by atoms with Crippen molar-refractivity contribution in [3.05, 3.63) is 64.2 Å². The van der Waals surface area contributed by atoms with Gasteiger partial charge in [0.25, 0.3) is 5.56 Å². The van der Waals surface area contributed by atoms with E-state index in [1.165, 1.54) is 10.9 Å². The summed E-state index contributed by atoms with van der Waals surface area (Å²) in [7, 11) is 0. The lowest BCUT2D eigenvalue weighted by Crippen LogP contribution is -2.28. The molecule has 0 radical (unpaired) electrons.